The van der Waals surface area contributed by atoms with Crippen molar-refractivity contribution in [3.63, 3.8) is 0 Å². The second-order valence-electron chi connectivity index (χ2n) is 7.32. The number of nitrogens with zero attached hydrogens (tertiary/aromatic N) is 8. The molecule has 0 amide bonds. The minimum atomic E-state index is -0.279. The van der Waals surface area contributed by atoms with Crippen molar-refractivity contribution in [2.24, 2.45) is 0 Å². The van der Waals surface area contributed by atoms with Gasteiger partial charge in [-0.15, -0.1) is 10.2 Å². The van der Waals surface area contributed by atoms with E-state index in [1.807, 2.05) is 44.2 Å². The Hall–Kier alpha value is -4.13. The highest BCUT2D eigenvalue weighted by Crippen LogP contribution is 2.18. The van der Waals surface area contributed by atoms with Gasteiger partial charge in [0.1, 0.15) is 11.6 Å². The van der Waals surface area contributed by atoms with Gasteiger partial charge >= 0.3 is 5.97 Å². The van der Waals surface area contributed by atoms with E-state index in [2.05, 4.69) is 31.6 Å². The Labute approximate surface area is 184 Å². The summed E-state index contributed by atoms with van der Waals surface area (Å²) in [4.78, 5) is 18.2. The van der Waals surface area contributed by atoms with Gasteiger partial charge in [0, 0.05) is 29.8 Å². The van der Waals surface area contributed by atoms with Gasteiger partial charge in [-0.2, -0.15) is 15.2 Å². The summed E-state index contributed by atoms with van der Waals surface area (Å²) in [6.07, 6.45) is 2.82. The standard InChI is InChI=1S/C22H22N8O2/c1-15-19(16(2)30-22(25-15)18(13-23)14-24-30)9-10-20(31)32-12-6-11-29-27-21(26-28-29)17-7-4-3-5-8-17/h3-5,7-8,14H,6,9-12H2,1-2H3. The maximum atomic E-state index is 12.2. The fourth-order valence-corrected chi connectivity index (χ4v) is 3.48. The van der Waals surface area contributed by atoms with Crippen LogP contribution in [-0.2, 0) is 22.5 Å². The topological polar surface area (TPSA) is 124 Å². The zero-order valence-electron chi connectivity index (χ0n) is 17.9. The number of nitriles is 1. The molecule has 0 aliphatic heterocycles. The van der Waals surface area contributed by atoms with Gasteiger partial charge in [-0.1, -0.05) is 30.3 Å². The third-order valence-corrected chi connectivity index (χ3v) is 5.16. The number of carbonyl (C=O) groups is 1. The van der Waals surface area contributed by atoms with Crippen LogP contribution < -0.4 is 0 Å². The molecule has 0 N–H and O–H groups in total. The van der Waals surface area contributed by atoms with Crippen LogP contribution in [-0.4, -0.2) is 47.4 Å². The molecule has 32 heavy (non-hydrogen) atoms. The molecule has 0 aliphatic carbocycles. The largest absolute Gasteiger partial charge is 0.466 e. The first-order valence-electron chi connectivity index (χ1n) is 10.3. The fraction of sp³-hybridized carbons (Fsp3) is 0.318. The molecule has 0 radical (unpaired) electrons. The van der Waals surface area contributed by atoms with Gasteiger partial charge in [0.2, 0.25) is 5.82 Å². The number of ether oxygens (including phenoxy) is 1. The number of hydrogen-bond donors (Lipinski definition) is 0. The number of fused-ring (bicyclic) bond motifs is 1. The maximum Gasteiger partial charge on any atom is 0.306 e. The average Bonchev–Trinajstić information content (AvgIpc) is 3.44. The van der Waals surface area contributed by atoms with Crippen LogP contribution in [0.1, 0.15) is 35.4 Å². The molecule has 0 aliphatic rings. The van der Waals surface area contributed by atoms with Crippen LogP contribution in [0.3, 0.4) is 0 Å². The third-order valence-electron chi connectivity index (χ3n) is 5.16. The van der Waals surface area contributed by atoms with Crippen molar-refractivity contribution in [3.05, 3.63) is 59.0 Å². The number of rotatable bonds is 8. The van der Waals surface area contributed by atoms with Crippen LogP contribution in [0.15, 0.2) is 36.5 Å². The fourth-order valence-electron chi connectivity index (χ4n) is 3.48. The van der Waals surface area contributed by atoms with Crippen LogP contribution in [0.4, 0.5) is 0 Å². The molecular weight excluding hydrogens is 408 g/mol. The van der Waals surface area contributed by atoms with E-state index in [0.717, 1.165) is 22.5 Å². The number of benzene rings is 1. The zero-order chi connectivity index (χ0) is 22.5. The van der Waals surface area contributed by atoms with Gasteiger partial charge in [0.05, 0.1) is 19.3 Å². The molecule has 0 bridgehead atoms. The van der Waals surface area contributed by atoms with Gasteiger partial charge in [-0.25, -0.2) is 9.50 Å². The average molecular weight is 430 g/mol. The lowest BCUT2D eigenvalue weighted by atomic mass is 10.1. The van der Waals surface area contributed by atoms with E-state index in [-0.39, 0.29) is 19.0 Å². The van der Waals surface area contributed by atoms with E-state index in [1.165, 1.54) is 11.0 Å². The molecule has 10 heteroatoms. The van der Waals surface area contributed by atoms with Gasteiger partial charge in [-0.05, 0) is 31.0 Å². The van der Waals surface area contributed by atoms with E-state index >= 15 is 0 Å². The Balaban J connectivity index is 1.26. The molecule has 3 heterocycles. The van der Waals surface area contributed by atoms with Gasteiger partial charge < -0.3 is 4.74 Å². The summed E-state index contributed by atoms with van der Waals surface area (Å²) in [5.41, 5.74) is 4.45. The summed E-state index contributed by atoms with van der Waals surface area (Å²) in [7, 11) is 0. The summed E-state index contributed by atoms with van der Waals surface area (Å²) < 4.78 is 6.99. The molecule has 4 aromatic rings. The molecule has 10 nitrogen and oxygen atoms in total. The van der Waals surface area contributed by atoms with E-state index in [0.29, 0.717) is 36.4 Å². The number of aromatic nitrogens is 7. The lowest BCUT2D eigenvalue weighted by molar-refractivity contribution is -0.143. The van der Waals surface area contributed by atoms with Crippen LogP contribution in [0.5, 0.6) is 0 Å². The van der Waals surface area contributed by atoms with Crippen molar-refractivity contribution in [2.75, 3.05) is 6.61 Å². The first-order chi connectivity index (χ1) is 15.6. The molecule has 0 spiro atoms. The summed E-state index contributed by atoms with van der Waals surface area (Å²) in [5.74, 6) is 0.289. The Kier molecular flexibility index (Phi) is 6.17. The number of hydrogen-bond acceptors (Lipinski definition) is 8. The van der Waals surface area contributed by atoms with Crippen molar-refractivity contribution in [1.82, 2.24) is 34.8 Å². The minimum absolute atomic E-state index is 0.237. The van der Waals surface area contributed by atoms with Crippen molar-refractivity contribution < 1.29 is 9.53 Å². The molecule has 0 atom stereocenters. The molecule has 1 aromatic carbocycles. The zero-order valence-corrected chi connectivity index (χ0v) is 17.9. The molecule has 0 fully saturated rings. The highest BCUT2D eigenvalue weighted by Gasteiger charge is 2.15. The first-order valence-corrected chi connectivity index (χ1v) is 10.3. The predicted octanol–water partition coefficient (Wildman–Crippen LogP) is 2.44. The Morgan fingerprint density at radius 3 is 2.81 bits per heavy atom. The van der Waals surface area contributed by atoms with Gasteiger partial charge in [0.15, 0.2) is 5.65 Å². The van der Waals surface area contributed by atoms with Crippen molar-refractivity contribution >= 4 is 11.6 Å². The summed E-state index contributed by atoms with van der Waals surface area (Å²) in [5, 5.41) is 25.8. The van der Waals surface area contributed by atoms with Crippen LogP contribution in [0.2, 0.25) is 0 Å². The highest BCUT2D eigenvalue weighted by atomic mass is 16.5. The van der Waals surface area contributed by atoms with Gasteiger partial charge in [0.25, 0.3) is 0 Å². The summed E-state index contributed by atoms with van der Waals surface area (Å²) in [6.45, 7) is 4.56. The summed E-state index contributed by atoms with van der Waals surface area (Å²) in [6, 6.07) is 11.7. The maximum absolute atomic E-state index is 12.2. The second-order valence-corrected chi connectivity index (χ2v) is 7.32. The number of aryl methyl sites for hydroxylation is 3. The number of tetrazole rings is 1. The molecule has 162 valence electrons. The number of esters is 1. The smallest absolute Gasteiger partial charge is 0.306 e. The van der Waals surface area contributed by atoms with Crippen LogP contribution in [0, 0.1) is 25.2 Å². The summed E-state index contributed by atoms with van der Waals surface area (Å²) >= 11 is 0. The van der Waals surface area contributed by atoms with E-state index in [1.54, 1.807) is 4.52 Å². The van der Waals surface area contributed by atoms with Gasteiger partial charge in [-0.3, -0.25) is 4.79 Å². The number of carbonyl (C=O) groups excluding carboxylic acids is 1. The molecule has 0 unspecified atom stereocenters. The van der Waals surface area contributed by atoms with Crippen LogP contribution in [0.25, 0.3) is 17.0 Å². The Bertz CT molecular complexity index is 1290. The lowest BCUT2D eigenvalue weighted by Gasteiger charge is -2.11. The first kappa shape index (κ1) is 21.1. The highest BCUT2D eigenvalue weighted by molar-refractivity contribution is 5.70. The van der Waals surface area contributed by atoms with E-state index in [9.17, 15) is 4.79 Å². The lowest BCUT2D eigenvalue weighted by Crippen LogP contribution is -2.12. The third kappa shape index (κ3) is 4.46. The van der Waals surface area contributed by atoms with E-state index in [4.69, 9.17) is 10.00 Å². The second kappa shape index (κ2) is 9.34. The van der Waals surface area contributed by atoms with Crippen LogP contribution >= 0.6 is 0 Å². The molecular formula is C22H22N8O2. The Morgan fingerprint density at radius 2 is 2.03 bits per heavy atom. The molecule has 3 aromatic heterocycles. The molecule has 4 rings (SSSR count). The van der Waals surface area contributed by atoms with E-state index < -0.39 is 0 Å². The SMILES string of the molecule is Cc1nc2c(C#N)cnn2c(C)c1CCC(=O)OCCCn1nnc(-c2ccccc2)n1. The molecule has 0 saturated heterocycles. The monoisotopic (exact) mass is 430 g/mol. The molecule has 0 saturated carbocycles. The Morgan fingerprint density at radius 1 is 1.22 bits per heavy atom. The van der Waals surface area contributed by atoms with Crippen molar-refractivity contribution in [3.8, 4) is 17.5 Å². The van der Waals surface area contributed by atoms with Crippen molar-refractivity contribution in [1.29, 1.82) is 5.26 Å². The quantitative estimate of drug-likeness (QED) is 0.308. The minimum Gasteiger partial charge on any atom is -0.466 e. The van der Waals surface area contributed by atoms with Crippen molar-refractivity contribution in [2.45, 2.75) is 39.7 Å². The predicted molar refractivity (Wildman–Crippen MR) is 114 cm³/mol. The normalized spacial score (nSPS) is 10.9.